The molecule has 0 aliphatic rings. The molecule has 6 nitrogen and oxygen atoms in total. The number of fused-ring (bicyclic) bond motifs is 1. The molecule has 3 aromatic carbocycles. The van der Waals surface area contributed by atoms with E-state index in [4.69, 9.17) is 4.74 Å². The number of methoxy groups -OCH3 is 1. The fourth-order valence-corrected chi connectivity index (χ4v) is 3.30. The predicted octanol–water partition coefficient (Wildman–Crippen LogP) is 3.39. The molecule has 0 radical (unpaired) electrons. The smallest absolute Gasteiger partial charge is 0.267 e. The van der Waals surface area contributed by atoms with Gasteiger partial charge in [0.2, 0.25) is 5.91 Å². The molecule has 0 saturated carbocycles. The average Bonchev–Trinajstić information content (AvgIpc) is 2.79. The molecule has 4 rings (SSSR count). The number of hydrogen-bond acceptors (Lipinski definition) is 4. The van der Waals surface area contributed by atoms with E-state index in [1.54, 1.807) is 13.2 Å². The number of hydrogen-bond donors (Lipinski definition) is 1. The number of nitrogens with zero attached hydrogens (tertiary/aromatic N) is 2. The summed E-state index contributed by atoms with van der Waals surface area (Å²) in [6.07, 6.45) is 0. The number of carbonyl (C=O) groups excluding carboxylic acids is 1. The van der Waals surface area contributed by atoms with Gasteiger partial charge in [-0.15, -0.1) is 0 Å². The maximum Gasteiger partial charge on any atom is 0.267 e. The fraction of sp³-hybridized carbons (Fsp3) is 0.125. The van der Waals surface area contributed by atoms with Gasteiger partial charge in [-0.05, 0) is 29.0 Å². The minimum Gasteiger partial charge on any atom is -0.496 e. The second kappa shape index (κ2) is 8.61. The number of aromatic nitrogens is 2. The summed E-state index contributed by atoms with van der Waals surface area (Å²) in [4.78, 5) is 24.6. The van der Waals surface area contributed by atoms with Crippen LogP contribution in [0.3, 0.4) is 0 Å². The van der Waals surface area contributed by atoms with Crippen molar-refractivity contribution in [1.29, 1.82) is 0 Å². The maximum absolute atomic E-state index is 12.4. The van der Waals surface area contributed by atoms with Crippen LogP contribution in [0.2, 0.25) is 0 Å². The highest BCUT2D eigenvalue weighted by Crippen LogP contribution is 2.22. The van der Waals surface area contributed by atoms with Crippen molar-refractivity contribution in [2.24, 2.45) is 0 Å². The SMILES string of the molecule is COc1ccccc1CNC(=O)Cn1nc(-c2ccc3ccccc3c2)ccc1=O. The zero-order valence-corrected chi connectivity index (χ0v) is 16.5. The first-order chi connectivity index (χ1) is 14.6. The number of para-hydroxylation sites is 1. The molecule has 1 amide bonds. The zero-order chi connectivity index (χ0) is 20.9. The van der Waals surface area contributed by atoms with E-state index in [0.717, 1.165) is 21.9 Å². The van der Waals surface area contributed by atoms with E-state index in [2.05, 4.69) is 10.4 Å². The lowest BCUT2D eigenvalue weighted by atomic mass is 10.1. The number of ether oxygens (including phenoxy) is 1. The van der Waals surface area contributed by atoms with Crippen LogP contribution in [0.4, 0.5) is 0 Å². The van der Waals surface area contributed by atoms with Crippen LogP contribution >= 0.6 is 0 Å². The Balaban J connectivity index is 1.51. The van der Waals surface area contributed by atoms with Gasteiger partial charge >= 0.3 is 0 Å². The number of rotatable bonds is 6. The van der Waals surface area contributed by atoms with Crippen LogP contribution in [0.15, 0.2) is 83.7 Å². The Kier molecular flexibility index (Phi) is 5.57. The highest BCUT2D eigenvalue weighted by molar-refractivity contribution is 5.86. The molecule has 0 saturated heterocycles. The van der Waals surface area contributed by atoms with Crippen molar-refractivity contribution in [3.8, 4) is 17.0 Å². The fourth-order valence-electron chi connectivity index (χ4n) is 3.30. The van der Waals surface area contributed by atoms with Gasteiger partial charge in [0.1, 0.15) is 12.3 Å². The molecule has 30 heavy (non-hydrogen) atoms. The Morgan fingerprint density at radius 2 is 1.73 bits per heavy atom. The van der Waals surface area contributed by atoms with Crippen molar-refractivity contribution in [2.75, 3.05) is 7.11 Å². The summed E-state index contributed by atoms with van der Waals surface area (Å²) in [5.41, 5.74) is 2.06. The lowest BCUT2D eigenvalue weighted by molar-refractivity contribution is -0.122. The number of carbonyl (C=O) groups is 1. The van der Waals surface area contributed by atoms with Crippen LogP contribution in [-0.4, -0.2) is 22.8 Å². The van der Waals surface area contributed by atoms with Crippen LogP contribution in [0.5, 0.6) is 5.75 Å². The second-order valence-corrected chi connectivity index (χ2v) is 6.86. The van der Waals surface area contributed by atoms with Crippen molar-refractivity contribution in [1.82, 2.24) is 15.1 Å². The van der Waals surface area contributed by atoms with E-state index in [0.29, 0.717) is 18.0 Å². The van der Waals surface area contributed by atoms with Crippen molar-refractivity contribution in [3.63, 3.8) is 0 Å². The zero-order valence-electron chi connectivity index (χ0n) is 16.5. The van der Waals surface area contributed by atoms with Gasteiger partial charge in [-0.3, -0.25) is 9.59 Å². The largest absolute Gasteiger partial charge is 0.496 e. The molecule has 0 atom stereocenters. The van der Waals surface area contributed by atoms with E-state index in [1.807, 2.05) is 66.7 Å². The summed E-state index contributed by atoms with van der Waals surface area (Å²) in [5, 5.41) is 9.43. The monoisotopic (exact) mass is 399 g/mol. The standard InChI is InChI=1S/C24H21N3O3/c1-30-22-9-5-4-8-20(22)15-25-23(28)16-27-24(29)13-12-21(26-27)19-11-10-17-6-2-3-7-18(17)14-19/h2-14H,15-16H2,1H3,(H,25,28). The highest BCUT2D eigenvalue weighted by Gasteiger charge is 2.10. The summed E-state index contributed by atoms with van der Waals surface area (Å²) >= 11 is 0. The molecule has 0 aliphatic heterocycles. The third-order valence-corrected chi connectivity index (χ3v) is 4.87. The molecule has 1 heterocycles. The first-order valence-electron chi connectivity index (χ1n) is 9.60. The third-order valence-electron chi connectivity index (χ3n) is 4.87. The van der Waals surface area contributed by atoms with Crippen molar-refractivity contribution in [2.45, 2.75) is 13.1 Å². The van der Waals surface area contributed by atoms with Gasteiger partial charge < -0.3 is 10.1 Å². The summed E-state index contributed by atoms with van der Waals surface area (Å²) in [6.45, 7) is 0.150. The summed E-state index contributed by atoms with van der Waals surface area (Å²) in [5.74, 6) is 0.401. The Morgan fingerprint density at radius 3 is 2.57 bits per heavy atom. The highest BCUT2D eigenvalue weighted by atomic mass is 16.5. The third kappa shape index (κ3) is 4.22. The maximum atomic E-state index is 12.4. The van der Waals surface area contributed by atoms with E-state index in [9.17, 15) is 9.59 Å². The topological polar surface area (TPSA) is 73.2 Å². The Labute approximate surface area is 173 Å². The molecule has 4 aromatic rings. The molecule has 0 fully saturated rings. The summed E-state index contributed by atoms with van der Waals surface area (Å²) < 4.78 is 6.47. The normalized spacial score (nSPS) is 10.7. The first-order valence-corrected chi connectivity index (χ1v) is 9.60. The number of amides is 1. The quantitative estimate of drug-likeness (QED) is 0.539. The molecule has 1 aromatic heterocycles. The minimum atomic E-state index is -0.327. The van der Waals surface area contributed by atoms with Gasteiger partial charge in [-0.25, -0.2) is 4.68 Å². The van der Waals surface area contributed by atoms with Gasteiger partial charge in [-0.2, -0.15) is 5.10 Å². The summed E-state index contributed by atoms with van der Waals surface area (Å²) in [6, 6.07) is 24.6. The number of benzene rings is 3. The van der Waals surface area contributed by atoms with Crippen LogP contribution in [0, 0.1) is 0 Å². The summed E-state index contributed by atoms with van der Waals surface area (Å²) in [7, 11) is 1.59. The van der Waals surface area contributed by atoms with Crippen LogP contribution in [0.1, 0.15) is 5.56 Å². The first kappa shape index (κ1) is 19.4. The van der Waals surface area contributed by atoms with Gasteiger partial charge in [0, 0.05) is 23.7 Å². The Bertz CT molecular complexity index is 1260. The predicted molar refractivity (Wildman–Crippen MR) is 116 cm³/mol. The van der Waals surface area contributed by atoms with Crippen LogP contribution in [0.25, 0.3) is 22.0 Å². The molecule has 0 bridgehead atoms. The lowest BCUT2D eigenvalue weighted by Crippen LogP contribution is -2.33. The second-order valence-electron chi connectivity index (χ2n) is 6.86. The molecule has 6 heteroatoms. The molecule has 0 spiro atoms. The molecular weight excluding hydrogens is 378 g/mol. The van der Waals surface area contributed by atoms with E-state index >= 15 is 0 Å². The molecule has 150 valence electrons. The Hall–Kier alpha value is -3.93. The van der Waals surface area contributed by atoms with E-state index in [1.165, 1.54) is 10.7 Å². The molecule has 1 N–H and O–H groups in total. The van der Waals surface area contributed by atoms with Crippen molar-refractivity contribution < 1.29 is 9.53 Å². The van der Waals surface area contributed by atoms with Gasteiger partial charge in [0.05, 0.1) is 12.8 Å². The van der Waals surface area contributed by atoms with Gasteiger partial charge in [0.15, 0.2) is 0 Å². The van der Waals surface area contributed by atoms with E-state index in [-0.39, 0.29) is 18.0 Å². The molecule has 0 aliphatic carbocycles. The molecular formula is C24H21N3O3. The van der Waals surface area contributed by atoms with Gasteiger partial charge in [0.25, 0.3) is 5.56 Å². The Morgan fingerprint density at radius 1 is 0.967 bits per heavy atom. The number of nitrogens with one attached hydrogen (secondary N) is 1. The average molecular weight is 399 g/mol. The lowest BCUT2D eigenvalue weighted by Gasteiger charge is -2.11. The minimum absolute atomic E-state index is 0.157. The van der Waals surface area contributed by atoms with Gasteiger partial charge in [-0.1, -0.05) is 54.6 Å². The van der Waals surface area contributed by atoms with Crippen LogP contribution < -0.4 is 15.6 Å². The van der Waals surface area contributed by atoms with E-state index < -0.39 is 0 Å². The van der Waals surface area contributed by atoms with Crippen molar-refractivity contribution >= 4 is 16.7 Å². The van der Waals surface area contributed by atoms with Crippen LogP contribution in [-0.2, 0) is 17.9 Å². The van der Waals surface area contributed by atoms with Crippen molar-refractivity contribution in [3.05, 3.63) is 94.8 Å². The molecule has 0 unspecified atom stereocenters.